The molecule has 2 amide bonds. The quantitative estimate of drug-likeness (QED) is 0.449. The number of nitrogens with one attached hydrogen (secondary N) is 1. The molecule has 3 N–H and O–H groups in total. The van der Waals surface area contributed by atoms with E-state index >= 15 is 0 Å². The van der Waals surface area contributed by atoms with Crippen LogP contribution in [0.2, 0.25) is 0 Å². The number of hydrogen-bond donors (Lipinski definition) is 2. The molecule has 0 atom stereocenters. The van der Waals surface area contributed by atoms with E-state index in [0.717, 1.165) is 10.8 Å². The number of hydrogen-bond acceptors (Lipinski definition) is 6. The first-order chi connectivity index (χ1) is 15.1. The average Bonchev–Trinajstić information content (AvgIpc) is 2.72. The summed E-state index contributed by atoms with van der Waals surface area (Å²) >= 11 is 0. The van der Waals surface area contributed by atoms with Crippen LogP contribution in [0.1, 0.15) is 38.1 Å². The van der Waals surface area contributed by atoms with Crippen LogP contribution in [0.15, 0.2) is 48.7 Å². The van der Waals surface area contributed by atoms with Gasteiger partial charge >= 0.3 is 18.0 Å². The average molecular weight is 435 g/mol. The van der Waals surface area contributed by atoms with Crippen molar-refractivity contribution in [2.75, 3.05) is 11.9 Å². The molecule has 0 aliphatic rings. The van der Waals surface area contributed by atoms with E-state index in [-0.39, 0.29) is 23.8 Å². The second-order valence-corrected chi connectivity index (χ2v) is 8.16. The molecule has 2 aromatic carbocycles. The van der Waals surface area contributed by atoms with E-state index in [1.807, 2.05) is 24.3 Å². The van der Waals surface area contributed by atoms with Crippen LogP contribution in [0, 0.1) is 5.41 Å². The van der Waals surface area contributed by atoms with Crippen LogP contribution in [0.4, 0.5) is 10.5 Å². The number of urea groups is 1. The summed E-state index contributed by atoms with van der Waals surface area (Å²) in [5, 5.41) is 4.14. The van der Waals surface area contributed by atoms with Gasteiger partial charge in [0.15, 0.2) is 0 Å². The molecule has 0 radical (unpaired) electrons. The van der Waals surface area contributed by atoms with Gasteiger partial charge in [0.05, 0.1) is 23.4 Å². The number of primary amides is 1. The third-order valence-corrected chi connectivity index (χ3v) is 4.59. The molecule has 1 heterocycles. The molecule has 3 rings (SSSR count). The molecule has 0 spiro atoms. The normalized spacial score (nSPS) is 11.1. The third kappa shape index (κ3) is 5.03. The number of carbonyl (C=O) groups is 3. The number of ether oxygens (including phenoxy) is 2. The highest BCUT2D eigenvalue weighted by Gasteiger charge is 2.24. The zero-order chi connectivity index (χ0) is 23.5. The summed E-state index contributed by atoms with van der Waals surface area (Å²) in [5.41, 5.74) is 5.96. The molecule has 8 nitrogen and oxygen atoms in total. The monoisotopic (exact) mass is 435 g/mol. The van der Waals surface area contributed by atoms with E-state index in [4.69, 9.17) is 15.2 Å². The van der Waals surface area contributed by atoms with Gasteiger partial charge in [0, 0.05) is 11.8 Å². The van der Waals surface area contributed by atoms with Gasteiger partial charge in [0.25, 0.3) is 0 Å². The molecular weight excluding hydrogens is 410 g/mol. The summed E-state index contributed by atoms with van der Waals surface area (Å²) in [5.74, 6) is -0.646. The lowest BCUT2D eigenvalue weighted by Crippen LogP contribution is -2.25. The van der Waals surface area contributed by atoms with Gasteiger partial charge < -0.3 is 20.5 Å². The number of fused-ring (bicyclic) bond motifs is 1. The molecule has 166 valence electrons. The lowest BCUT2D eigenvalue weighted by atomic mass is 9.97. The highest BCUT2D eigenvalue weighted by molar-refractivity contribution is 6.03. The summed E-state index contributed by atoms with van der Waals surface area (Å²) in [4.78, 5) is 40.6. The zero-order valence-corrected chi connectivity index (χ0v) is 18.4. The Hall–Kier alpha value is -3.94. The molecule has 0 aliphatic carbocycles. The highest BCUT2D eigenvalue weighted by Crippen LogP contribution is 2.34. The number of benzene rings is 2. The maximum Gasteiger partial charge on any atom is 0.341 e. The molecule has 8 heteroatoms. The number of nitrogens with two attached hydrogens (primary N) is 1. The third-order valence-electron chi connectivity index (χ3n) is 4.59. The van der Waals surface area contributed by atoms with Gasteiger partial charge in [-0.3, -0.25) is 9.78 Å². The predicted molar refractivity (Wildman–Crippen MR) is 121 cm³/mol. The molecule has 1 aromatic heterocycles. The number of carbonyl (C=O) groups excluding carboxylic acids is 3. The fourth-order valence-corrected chi connectivity index (χ4v) is 3.02. The Morgan fingerprint density at radius 2 is 1.81 bits per heavy atom. The fourth-order valence-electron chi connectivity index (χ4n) is 3.02. The SMILES string of the molecule is CCOC(=O)c1cnc(-c2cc(OC(=O)C(C)(C)C)cc3ccccc23)cc1NC(N)=O. The van der Waals surface area contributed by atoms with E-state index in [9.17, 15) is 14.4 Å². The van der Waals surface area contributed by atoms with Gasteiger partial charge in [0.1, 0.15) is 11.3 Å². The van der Waals surface area contributed by atoms with Crippen LogP contribution < -0.4 is 15.8 Å². The van der Waals surface area contributed by atoms with Gasteiger partial charge in [0.2, 0.25) is 0 Å². The van der Waals surface area contributed by atoms with Crippen molar-refractivity contribution in [1.29, 1.82) is 0 Å². The number of esters is 2. The Morgan fingerprint density at radius 3 is 2.47 bits per heavy atom. The van der Waals surface area contributed by atoms with Crippen LogP contribution in [-0.4, -0.2) is 29.6 Å². The van der Waals surface area contributed by atoms with E-state index in [1.165, 1.54) is 12.3 Å². The van der Waals surface area contributed by atoms with Crippen molar-refractivity contribution in [2.24, 2.45) is 11.1 Å². The van der Waals surface area contributed by atoms with E-state index in [2.05, 4.69) is 10.3 Å². The van der Waals surface area contributed by atoms with Crippen molar-refractivity contribution < 1.29 is 23.9 Å². The van der Waals surface area contributed by atoms with Crippen molar-refractivity contribution in [2.45, 2.75) is 27.7 Å². The van der Waals surface area contributed by atoms with Crippen LogP contribution >= 0.6 is 0 Å². The number of anilines is 1. The first kappa shape index (κ1) is 22.7. The van der Waals surface area contributed by atoms with E-state index in [1.54, 1.807) is 39.8 Å². The number of aromatic nitrogens is 1. The maximum absolute atomic E-state index is 12.4. The smallest absolute Gasteiger partial charge is 0.341 e. The van der Waals surface area contributed by atoms with Crippen molar-refractivity contribution in [3.8, 4) is 17.0 Å². The molecular formula is C24H25N3O5. The van der Waals surface area contributed by atoms with Crippen LogP contribution in [0.5, 0.6) is 5.75 Å². The van der Waals surface area contributed by atoms with Gasteiger partial charge in [-0.15, -0.1) is 0 Å². The minimum atomic E-state index is -0.828. The molecule has 0 saturated carbocycles. The Morgan fingerprint density at radius 1 is 1.09 bits per heavy atom. The summed E-state index contributed by atoms with van der Waals surface area (Å²) in [6.07, 6.45) is 1.32. The largest absolute Gasteiger partial charge is 0.462 e. The van der Waals surface area contributed by atoms with E-state index < -0.39 is 17.4 Å². The summed E-state index contributed by atoms with van der Waals surface area (Å²) in [6.45, 7) is 7.16. The van der Waals surface area contributed by atoms with Crippen LogP contribution in [0.25, 0.3) is 22.0 Å². The lowest BCUT2D eigenvalue weighted by molar-refractivity contribution is -0.142. The minimum absolute atomic E-state index is 0.0778. The fraction of sp³-hybridized carbons (Fsp3) is 0.250. The molecule has 32 heavy (non-hydrogen) atoms. The first-order valence-corrected chi connectivity index (χ1v) is 10.1. The molecule has 0 aliphatic heterocycles. The standard InChI is InChI=1S/C24H25N3O5/c1-5-31-21(28)18-13-26-19(12-20(18)27-23(25)30)17-11-15(32-22(29)24(2,3)4)10-14-8-6-7-9-16(14)17/h6-13H,5H2,1-4H3,(H3,25,26,27,30). The molecule has 3 aromatic rings. The Bertz CT molecular complexity index is 1200. The second kappa shape index (κ2) is 9.05. The first-order valence-electron chi connectivity index (χ1n) is 10.1. The van der Waals surface area contributed by atoms with Crippen molar-refractivity contribution in [3.05, 3.63) is 54.2 Å². The van der Waals surface area contributed by atoms with Crippen LogP contribution in [-0.2, 0) is 9.53 Å². The number of rotatable bonds is 5. The summed E-state index contributed by atoms with van der Waals surface area (Å²) in [6, 6.07) is 11.7. The van der Waals surface area contributed by atoms with E-state index in [0.29, 0.717) is 17.0 Å². The summed E-state index contributed by atoms with van der Waals surface area (Å²) in [7, 11) is 0. The van der Waals surface area contributed by atoms with Gasteiger partial charge in [-0.25, -0.2) is 9.59 Å². The molecule has 0 unspecified atom stereocenters. The molecule has 0 fully saturated rings. The van der Waals surface area contributed by atoms with Crippen LogP contribution in [0.3, 0.4) is 0 Å². The van der Waals surface area contributed by atoms with Crippen molar-refractivity contribution in [1.82, 2.24) is 4.98 Å². The zero-order valence-electron chi connectivity index (χ0n) is 18.4. The van der Waals surface area contributed by atoms with Crippen molar-refractivity contribution in [3.63, 3.8) is 0 Å². The number of nitrogens with zero attached hydrogens (tertiary/aromatic N) is 1. The predicted octanol–water partition coefficient (Wildman–Crippen LogP) is 4.52. The van der Waals surface area contributed by atoms with Gasteiger partial charge in [-0.05, 0) is 56.7 Å². The minimum Gasteiger partial charge on any atom is -0.462 e. The lowest BCUT2D eigenvalue weighted by Gasteiger charge is -2.18. The number of amides is 2. The molecule has 0 saturated heterocycles. The van der Waals surface area contributed by atoms with Gasteiger partial charge in [-0.1, -0.05) is 24.3 Å². The van der Waals surface area contributed by atoms with Gasteiger partial charge in [-0.2, -0.15) is 0 Å². The maximum atomic E-state index is 12.4. The Labute approximate surface area is 185 Å². The van der Waals surface area contributed by atoms with Crippen molar-refractivity contribution >= 4 is 34.4 Å². The Balaban J connectivity index is 2.16. The highest BCUT2D eigenvalue weighted by atomic mass is 16.5. The second-order valence-electron chi connectivity index (χ2n) is 8.16. The molecule has 0 bridgehead atoms. The Kier molecular flexibility index (Phi) is 6.43. The topological polar surface area (TPSA) is 121 Å². The summed E-state index contributed by atoms with van der Waals surface area (Å²) < 4.78 is 10.6. The number of pyridine rings is 1.